The molecule has 8 heteroatoms. The molecule has 0 saturated heterocycles. The zero-order valence-corrected chi connectivity index (χ0v) is 12.2. The van der Waals surface area contributed by atoms with Crippen molar-refractivity contribution < 1.29 is 18.0 Å². The van der Waals surface area contributed by atoms with E-state index in [2.05, 4.69) is 15.4 Å². The number of pyridine rings is 1. The van der Waals surface area contributed by atoms with Crippen molar-refractivity contribution in [1.82, 2.24) is 20.1 Å². The molecule has 122 valence electrons. The highest BCUT2D eigenvalue weighted by Gasteiger charge is 2.31. The van der Waals surface area contributed by atoms with Crippen LogP contribution in [0.2, 0.25) is 0 Å². The largest absolute Gasteiger partial charge is 0.408 e. The van der Waals surface area contributed by atoms with Crippen molar-refractivity contribution in [3.63, 3.8) is 0 Å². The molecule has 1 amide bonds. The molecule has 1 atom stereocenters. The van der Waals surface area contributed by atoms with Crippen LogP contribution < -0.4 is 5.32 Å². The van der Waals surface area contributed by atoms with Gasteiger partial charge in [-0.15, -0.1) is 0 Å². The van der Waals surface area contributed by atoms with E-state index >= 15 is 0 Å². The summed E-state index contributed by atoms with van der Waals surface area (Å²) in [6.07, 6.45) is 0.720. The second-order valence-electron chi connectivity index (χ2n) is 5.49. The molecule has 0 fully saturated rings. The van der Waals surface area contributed by atoms with E-state index in [4.69, 9.17) is 0 Å². The Morgan fingerprint density at radius 3 is 2.91 bits per heavy atom. The second-order valence-corrected chi connectivity index (χ2v) is 5.49. The van der Waals surface area contributed by atoms with E-state index < -0.39 is 12.7 Å². The number of fused-ring (bicyclic) bond motifs is 1. The van der Waals surface area contributed by atoms with E-state index in [1.807, 2.05) is 0 Å². The minimum Gasteiger partial charge on any atom is -0.342 e. The van der Waals surface area contributed by atoms with E-state index in [0.29, 0.717) is 18.5 Å². The number of rotatable bonds is 3. The van der Waals surface area contributed by atoms with Crippen LogP contribution in [0.15, 0.2) is 30.6 Å². The number of aryl methyl sites for hydroxylation is 1. The van der Waals surface area contributed by atoms with Crippen molar-refractivity contribution in [2.75, 3.05) is 0 Å². The van der Waals surface area contributed by atoms with Crippen LogP contribution in [0.3, 0.4) is 0 Å². The lowest BCUT2D eigenvalue weighted by atomic mass is 9.93. The molecule has 2 aromatic rings. The van der Waals surface area contributed by atoms with Crippen LogP contribution in [-0.4, -0.2) is 26.8 Å². The summed E-state index contributed by atoms with van der Waals surface area (Å²) in [5.74, 6) is -0.353. The highest BCUT2D eigenvalue weighted by Crippen LogP contribution is 2.29. The normalized spacial score (nSPS) is 17.6. The van der Waals surface area contributed by atoms with Crippen LogP contribution >= 0.6 is 0 Å². The fourth-order valence-corrected chi connectivity index (χ4v) is 2.73. The first-order valence-corrected chi connectivity index (χ1v) is 7.27. The van der Waals surface area contributed by atoms with Crippen molar-refractivity contribution in [2.24, 2.45) is 0 Å². The Labute approximate surface area is 130 Å². The molecule has 0 bridgehead atoms. The fraction of sp³-hybridized carbons (Fsp3) is 0.400. The first-order chi connectivity index (χ1) is 10.9. The molecular weight excluding hydrogens is 309 g/mol. The van der Waals surface area contributed by atoms with Crippen LogP contribution in [-0.2, 0) is 13.0 Å². The summed E-state index contributed by atoms with van der Waals surface area (Å²) in [7, 11) is 0. The predicted octanol–water partition coefficient (Wildman–Crippen LogP) is 2.65. The molecular formula is C15H15F3N4O. The van der Waals surface area contributed by atoms with E-state index in [0.717, 1.165) is 16.7 Å². The minimum absolute atomic E-state index is 0.273. The van der Waals surface area contributed by atoms with Gasteiger partial charge in [0.1, 0.15) is 12.2 Å². The van der Waals surface area contributed by atoms with Gasteiger partial charge in [-0.3, -0.25) is 14.5 Å². The van der Waals surface area contributed by atoms with E-state index in [-0.39, 0.29) is 17.6 Å². The van der Waals surface area contributed by atoms with Gasteiger partial charge in [-0.05, 0) is 37.0 Å². The highest BCUT2D eigenvalue weighted by molar-refractivity contribution is 5.92. The maximum atomic E-state index is 12.5. The molecule has 0 aliphatic heterocycles. The second kappa shape index (κ2) is 6.02. The number of nitrogens with zero attached hydrogens (tertiary/aromatic N) is 3. The summed E-state index contributed by atoms with van der Waals surface area (Å²) in [4.78, 5) is 16.1. The smallest absolute Gasteiger partial charge is 0.342 e. The third-order valence-electron chi connectivity index (χ3n) is 3.68. The lowest BCUT2D eigenvalue weighted by Crippen LogP contribution is -2.31. The number of carbonyl (C=O) groups is 1. The van der Waals surface area contributed by atoms with Crippen molar-refractivity contribution in [3.8, 4) is 0 Å². The zero-order valence-electron chi connectivity index (χ0n) is 12.2. The topological polar surface area (TPSA) is 59.8 Å². The van der Waals surface area contributed by atoms with Crippen LogP contribution in [0.25, 0.3) is 0 Å². The Morgan fingerprint density at radius 1 is 1.39 bits per heavy atom. The van der Waals surface area contributed by atoms with Gasteiger partial charge in [-0.2, -0.15) is 18.3 Å². The molecule has 3 rings (SSSR count). The number of hydrogen-bond donors (Lipinski definition) is 1. The first-order valence-electron chi connectivity index (χ1n) is 7.27. The number of carbonyl (C=O) groups excluding carboxylic acids is 1. The zero-order chi connectivity index (χ0) is 16.4. The molecule has 0 radical (unpaired) electrons. The number of nitrogens with one attached hydrogen (secondary N) is 1. The van der Waals surface area contributed by atoms with Gasteiger partial charge in [-0.1, -0.05) is 6.07 Å². The number of halogens is 3. The average Bonchev–Trinajstić information content (AvgIpc) is 2.89. The summed E-state index contributed by atoms with van der Waals surface area (Å²) in [6.45, 7) is -1.12. The number of aromatic nitrogens is 3. The molecule has 2 aromatic heterocycles. The fourth-order valence-electron chi connectivity index (χ4n) is 2.73. The maximum absolute atomic E-state index is 12.5. The Morgan fingerprint density at radius 2 is 2.22 bits per heavy atom. The van der Waals surface area contributed by atoms with Crippen molar-refractivity contribution in [1.29, 1.82) is 0 Å². The highest BCUT2D eigenvalue weighted by atomic mass is 19.4. The molecule has 1 N–H and O–H groups in total. The van der Waals surface area contributed by atoms with Gasteiger partial charge in [0, 0.05) is 12.4 Å². The predicted molar refractivity (Wildman–Crippen MR) is 75.7 cm³/mol. The molecule has 0 aromatic carbocycles. The van der Waals surface area contributed by atoms with Gasteiger partial charge >= 0.3 is 6.18 Å². The quantitative estimate of drug-likeness (QED) is 0.944. The average molecular weight is 324 g/mol. The summed E-state index contributed by atoms with van der Waals surface area (Å²) < 4.78 is 38.4. The Balaban J connectivity index is 1.77. The summed E-state index contributed by atoms with van der Waals surface area (Å²) in [5, 5.41) is 6.83. The Kier molecular flexibility index (Phi) is 4.06. The van der Waals surface area contributed by atoms with Crippen LogP contribution in [0.5, 0.6) is 0 Å². The van der Waals surface area contributed by atoms with Crippen molar-refractivity contribution in [3.05, 3.63) is 47.5 Å². The maximum Gasteiger partial charge on any atom is 0.408 e. The monoisotopic (exact) mass is 324 g/mol. The molecule has 2 heterocycles. The van der Waals surface area contributed by atoms with Crippen LogP contribution in [0, 0.1) is 0 Å². The number of hydrogen-bond acceptors (Lipinski definition) is 3. The van der Waals surface area contributed by atoms with Gasteiger partial charge in [0.2, 0.25) is 0 Å². The number of amides is 1. The van der Waals surface area contributed by atoms with Crippen LogP contribution in [0.4, 0.5) is 13.2 Å². The third-order valence-corrected chi connectivity index (χ3v) is 3.68. The van der Waals surface area contributed by atoms with Gasteiger partial charge in [0.15, 0.2) is 0 Å². The van der Waals surface area contributed by atoms with Gasteiger partial charge in [-0.25, -0.2) is 0 Å². The standard InChI is InChI=1S/C15H15F3N4O/c16-15(17,18)9-22-8-10-4-3-6-11(13(10)21-22)20-14(23)12-5-1-2-7-19-12/h1-2,5,7-8,11H,3-4,6,9H2,(H,20,23). The van der Waals surface area contributed by atoms with E-state index in [1.165, 1.54) is 12.4 Å². The molecule has 0 saturated carbocycles. The molecule has 23 heavy (non-hydrogen) atoms. The summed E-state index contributed by atoms with van der Waals surface area (Å²) >= 11 is 0. The lowest BCUT2D eigenvalue weighted by Gasteiger charge is -2.22. The molecule has 1 unspecified atom stereocenters. The SMILES string of the molecule is O=C(NC1CCCc2cn(CC(F)(F)F)nc21)c1ccccn1. The molecule has 1 aliphatic rings. The van der Waals surface area contributed by atoms with E-state index in [9.17, 15) is 18.0 Å². The Hall–Kier alpha value is -2.38. The van der Waals surface area contributed by atoms with Crippen LogP contribution in [0.1, 0.15) is 40.6 Å². The summed E-state index contributed by atoms with van der Waals surface area (Å²) in [5.41, 5.74) is 1.55. The molecule has 1 aliphatic carbocycles. The number of alkyl halides is 3. The Bertz CT molecular complexity index is 696. The summed E-state index contributed by atoms with van der Waals surface area (Å²) in [6, 6.07) is 4.60. The third kappa shape index (κ3) is 3.69. The van der Waals surface area contributed by atoms with Gasteiger partial charge in [0.25, 0.3) is 5.91 Å². The van der Waals surface area contributed by atoms with E-state index in [1.54, 1.807) is 18.2 Å². The van der Waals surface area contributed by atoms with Crippen molar-refractivity contribution >= 4 is 5.91 Å². The van der Waals surface area contributed by atoms with Gasteiger partial charge in [0.05, 0.1) is 11.7 Å². The van der Waals surface area contributed by atoms with Gasteiger partial charge < -0.3 is 5.32 Å². The first kappa shape index (κ1) is 15.5. The lowest BCUT2D eigenvalue weighted by molar-refractivity contribution is -0.142. The molecule has 5 nitrogen and oxygen atoms in total. The minimum atomic E-state index is -4.32. The molecule has 0 spiro atoms. The van der Waals surface area contributed by atoms with Crippen molar-refractivity contribution in [2.45, 2.75) is 38.0 Å².